The van der Waals surface area contributed by atoms with E-state index in [0.717, 1.165) is 19.4 Å². The Morgan fingerprint density at radius 2 is 1.93 bits per heavy atom. The van der Waals surface area contributed by atoms with E-state index in [0.29, 0.717) is 18.3 Å². The van der Waals surface area contributed by atoms with Crippen molar-refractivity contribution in [1.29, 1.82) is 0 Å². The van der Waals surface area contributed by atoms with Crippen molar-refractivity contribution < 1.29 is 9.90 Å². The van der Waals surface area contributed by atoms with Gasteiger partial charge in [0.15, 0.2) is 0 Å². The van der Waals surface area contributed by atoms with Crippen molar-refractivity contribution in [1.82, 2.24) is 5.32 Å². The Labute approximate surface area is 86.9 Å². The van der Waals surface area contributed by atoms with E-state index in [9.17, 15) is 4.79 Å². The number of carbonyl (C=O) groups excluding carboxylic acids is 1. The molecule has 0 fully saturated rings. The van der Waals surface area contributed by atoms with Gasteiger partial charge in [0.25, 0.3) is 0 Å². The minimum absolute atomic E-state index is 0.0490. The highest BCUT2D eigenvalue weighted by Gasteiger charge is 2.09. The van der Waals surface area contributed by atoms with E-state index in [1.807, 2.05) is 0 Å². The predicted octanol–water partition coefficient (Wildman–Crippen LogP) is 1.70. The molecule has 0 heterocycles. The average Bonchev–Trinajstić information content (AvgIpc) is 2.07. The molecule has 0 aliphatic rings. The van der Waals surface area contributed by atoms with E-state index in [2.05, 4.69) is 26.1 Å². The number of nitrogens with one attached hydrogen (secondary N) is 1. The van der Waals surface area contributed by atoms with Gasteiger partial charge in [-0.15, -0.1) is 0 Å². The van der Waals surface area contributed by atoms with Crippen molar-refractivity contribution in [3.63, 3.8) is 0 Å². The van der Waals surface area contributed by atoms with Crippen molar-refractivity contribution in [2.24, 2.45) is 5.41 Å². The molecule has 1 amide bonds. The topological polar surface area (TPSA) is 49.3 Å². The lowest BCUT2D eigenvalue weighted by molar-refractivity contribution is -0.121. The van der Waals surface area contributed by atoms with Crippen molar-refractivity contribution >= 4 is 5.91 Å². The number of carbonyl (C=O) groups is 1. The van der Waals surface area contributed by atoms with Gasteiger partial charge >= 0.3 is 0 Å². The monoisotopic (exact) mass is 201 g/mol. The number of aliphatic hydroxyl groups is 1. The van der Waals surface area contributed by atoms with E-state index in [1.54, 1.807) is 0 Å². The summed E-state index contributed by atoms with van der Waals surface area (Å²) in [6.07, 6.45) is 3.14. The normalized spacial score (nSPS) is 11.4. The minimum Gasteiger partial charge on any atom is -0.396 e. The van der Waals surface area contributed by atoms with Crippen molar-refractivity contribution in [3.05, 3.63) is 0 Å². The number of amides is 1. The van der Waals surface area contributed by atoms with Crippen LogP contribution in [0.25, 0.3) is 0 Å². The van der Waals surface area contributed by atoms with E-state index in [-0.39, 0.29) is 12.5 Å². The zero-order valence-corrected chi connectivity index (χ0v) is 9.60. The lowest BCUT2D eigenvalue weighted by Crippen LogP contribution is -2.25. The van der Waals surface area contributed by atoms with Gasteiger partial charge in [0, 0.05) is 19.6 Å². The van der Waals surface area contributed by atoms with Gasteiger partial charge in [0.1, 0.15) is 0 Å². The van der Waals surface area contributed by atoms with E-state index >= 15 is 0 Å². The first-order chi connectivity index (χ1) is 6.45. The Bertz CT molecular complexity index is 161. The van der Waals surface area contributed by atoms with Crippen molar-refractivity contribution in [3.8, 4) is 0 Å². The van der Waals surface area contributed by atoms with Gasteiger partial charge in [-0.3, -0.25) is 4.79 Å². The molecule has 0 spiro atoms. The second kappa shape index (κ2) is 6.82. The fraction of sp³-hybridized carbons (Fsp3) is 0.909. The molecule has 84 valence electrons. The molecule has 0 saturated heterocycles. The molecule has 0 rings (SSSR count). The lowest BCUT2D eigenvalue weighted by Gasteiger charge is -2.17. The summed E-state index contributed by atoms with van der Waals surface area (Å²) < 4.78 is 0. The zero-order chi connectivity index (χ0) is 11.0. The van der Waals surface area contributed by atoms with E-state index < -0.39 is 0 Å². The zero-order valence-electron chi connectivity index (χ0n) is 9.60. The molecule has 3 nitrogen and oxygen atoms in total. The fourth-order valence-corrected chi connectivity index (χ4v) is 1.17. The minimum atomic E-state index is 0.0490. The second-order valence-electron chi connectivity index (χ2n) is 4.84. The van der Waals surface area contributed by atoms with Crippen LogP contribution in [0.1, 0.15) is 46.5 Å². The summed E-state index contributed by atoms with van der Waals surface area (Å²) in [6.45, 7) is 7.43. The SMILES string of the molecule is CC(C)(C)CCCNC(=O)CCCO. The molecular formula is C11H23NO2. The summed E-state index contributed by atoms with van der Waals surface area (Å²) in [5, 5.41) is 11.4. The van der Waals surface area contributed by atoms with Crippen LogP contribution in [0.4, 0.5) is 0 Å². The van der Waals surface area contributed by atoms with Crippen LogP contribution in [-0.2, 0) is 4.79 Å². The molecule has 0 aromatic heterocycles. The maximum atomic E-state index is 11.1. The quantitative estimate of drug-likeness (QED) is 0.643. The summed E-state index contributed by atoms with van der Waals surface area (Å²) in [5.41, 5.74) is 0.343. The molecule has 0 atom stereocenters. The van der Waals surface area contributed by atoms with Crippen LogP contribution >= 0.6 is 0 Å². The van der Waals surface area contributed by atoms with Gasteiger partial charge in [0.2, 0.25) is 5.91 Å². The summed E-state index contributed by atoms with van der Waals surface area (Å²) in [6, 6.07) is 0. The van der Waals surface area contributed by atoms with Crippen LogP contribution in [0, 0.1) is 5.41 Å². The summed E-state index contributed by atoms with van der Waals surface area (Å²) in [7, 11) is 0. The highest BCUT2D eigenvalue weighted by atomic mass is 16.3. The Hall–Kier alpha value is -0.570. The van der Waals surface area contributed by atoms with Gasteiger partial charge < -0.3 is 10.4 Å². The molecule has 2 N–H and O–H groups in total. The molecule has 0 saturated carbocycles. The largest absolute Gasteiger partial charge is 0.396 e. The molecule has 0 bridgehead atoms. The molecule has 0 unspecified atom stereocenters. The molecule has 3 heteroatoms. The fourth-order valence-electron chi connectivity index (χ4n) is 1.17. The average molecular weight is 201 g/mol. The summed E-state index contributed by atoms with van der Waals surface area (Å²) in [5.74, 6) is 0.0490. The molecule has 0 aliphatic heterocycles. The molecule has 0 aromatic rings. The molecular weight excluding hydrogens is 178 g/mol. The molecule has 0 radical (unpaired) electrons. The van der Waals surface area contributed by atoms with E-state index in [1.165, 1.54) is 0 Å². The number of hydrogen-bond acceptors (Lipinski definition) is 2. The van der Waals surface area contributed by atoms with Crippen molar-refractivity contribution in [2.45, 2.75) is 46.5 Å². The van der Waals surface area contributed by atoms with Crippen LogP contribution in [0.5, 0.6) is 0 Å². The molecule has 14 heavy (non-hydrogen) atoms. The number of rotatable bonds is 6. The third kappa shape index (κ3) is 9.52. The van der Waals surface area contributed by atoms with Crippen LogP contribution < -0.4 is 5.32 Å². The van der Waals surface area contributed by atoms with Gasteiger partial charge in [-0.25, -0.2) is 0 Å². The van der Waals surface area contributed by atoms with Gasteiger partial charge in [-0.1, -0.05) is 20.8 Å². The molecule has 0 aromatic carbocycles. The number of aliphatic hydroxyl groups excluding tert-OH is 1. The second-order valence-corrected chi connectivity index (χ2v) is 4.84. The van der Waals surface area contributed by atoms with Crippen LogP contribution in [0.3, 0.4) is 0 Å². The first kappa shape index (κ1) is 13.4. The Kier molecular flexibility index (Phi) is 6.54. The summed E-state index contributed by atoms with van der Waals surface area (Å²) >= 11 is 0. The first-order valence-corrected chi connectivity index (χ1v) is 5.33. The van der Waals surface area contributed by atoms with E-state index in [4.69, 9.17) is 5.11 Å². The van der Waals surface area contributed by atoms with Gasteiger partial charge in [0.05, 0.1) is 0 Å². The third-order valence-corrected chi connectivity index (χ3v) is 1.99. The first-order valence-electron chi connectivity index (χ1n) is 5.33. The maximum Gasteiger partial charge on any atom is 0.220 e. The highest BCUT2D eigenvalue weighted by molar-refractivity contribution is 5.75. The Morgan fingerprint density at radius 1 is 1.29 bits per heavy atom. The van der Waals surface area contributed by atoms with Crippen LogP contribution in [-0.4, -0.2) is 24.2 Å². The molecule has 0 aliphatic carbocycles. The lowest BCUT2D eigenvalue weighted by atomic mass is 9.91. The standard InChI is InChI=1S/C11H23NO2/c1-11(2,3)7-5-8-12-10(14)6-4-9-13/h13H,4-9H2,1-3H3,(H,12,14). The van der Waals surface area contributed by atoms with Crippen molar-refractivity contribution in [2.75, 3.05) is 13.2 Å². The summed E-state index contributed by atoms with van der Waals surface area (Å²) in [4.78, 5) is 11.1. The predicted molar refractivity (Wildman–Crippen MR) is 58.0 cm³/mol. The van der Waals surface area contributed by atoms with Crippen LogP contribution in [0.2, 0.25) is 0 Å². The van der Waals surface area contributed by atoms with Gasteiger partial charge in [-0.05, 0) is 24.7 Å². The third-order valence-electron chi connectivity index (χ3n) is 1.99. The van der Waals surface area contributed by atoms with Crippen LogP contribution in [0.15, 0.2) is 0 Å². The smallest absolute Gasteiger partial charge is 0.220 e. The highest BCUT2D eigenvalue weighted by Crippen LogP contribution is 2.19. The maximum absolute atomic E-state index is 11.1. The number of hydrogen-bond donors (Lipinski definition) is 2. The Balaban J connectivity index is 3.32. The Morgan fingerprint density at radius 3 is 2.43 bits per heavy atom. The van der Waals surface area contributed by atoms with Gasteiger partial charge in [-0.2, -0.15) is 0 Å².